The zero-order valence-electron chi connectivity index (χ0n) is 24.4. The van der Waals surface area contributed by atoms with Crippen LogP contribution in [0.2, 0.25) is 10.0 Å². The fourth-order valence-electron chi connectivity index (χ4n) is 4.16. The van der Waals surface area contributed by atoms with Crippen molar-refractivity contribution in [3.63, 3.8) is 0 Å². The maximum Gasteiger partial charge on any atom is 0.264 e. The highest BCUT2D eigenvalue weighted by Gasteiger charge is 2.34. The third kappa shape index (κ3) is 8.40. The molecule has 0 bridgehead atoms. The monoisotopic (exact) mass is 633 g/mol. The lowest BCUT2D eigenvalue weighted by atomic mass is 10.1. The summed E-state index contributed by atoms with van der Waals surface area (Å²) in [6.07, 6.45) is 0. The average Bonchev–Trinajstić information content (AvgIpc) is 2.94. The van der Waals surface area contributed by atoms with Gasteiger partial charge in [-0.25, -0.2) is 8.42 Å². The first-order valence-corrected chi connectivity index (χ1v) is 15.9. The Bertz CT molecular complexity index is 1500. The molecule has 42 heavy (non-hydrogen) atoms. The van der Waals surface area contributed by atoms with Gasteiger partial charge in [-0.3, -0.25) is 13.9 Å². The third-order valence-corrected chi connectivity index (χ3v) is 8.89. The summed E-state index contributed by atoms with van der Waals surface area (Å²) in [7, 11) is -4.23. The van der Waals surface area contributed by atoms with E-state index in [1.807, 2.05) is 20.8 Å². The minimum Gasteiger partial charge on any atom is -0.492 e. The fourth-order valence-corrected chi connectivity index (χ4v) is 6.05. The van der Waals surface area contributed by atoms with Crippen LogP contribution in [-0.2, 0) is 26.2 Å². The Labute approximate surface area is 258 Å². The highest BCUT2D eigenvalue weighted by molar-refractivity contribution is 7.92. The SMILES string of the molecule is CCOc1ccccc1N(CC(=O)N(Cc1ccc(Cl)cc1Cl)C(C)C(=O)NCC(C)C)S(=O)(=O)c1ccc(C)cc1. The van der Waals surface area contributed by atoms with Gasteiger partial charge < -0.3 is 15.0 Å². The molecular weight excluding hydrogens is 597 g/mol. The van der Waals surface area contributed by atoms with Gasteiger partial charge in [0.05, 0.1) is 17.2 Å². The van der Waals surface area contributed by atoms with Crippen molar-refractivity contribution in [2.24, 2.45) is 5.92 Å². The molecule has 0 spiro atoms. The number of ether oxygens (including phenoxy) is 1. The van der Waals surface area contributed by atoms with Gasteiger partial charge in [-0.15, -0.1) is 0 Å². The van der Waals surface area contributed by atoms with E-state index in [0.717, 1.165) is 9.87 Å². The van der Waals surface area contributed by atoms with Gasteiger partial charge in [0.2, 0.25) is 11.8 Å². The van der Waals surface area contributed by atoms with Crippen molar-refractivity contribution in [1.82, 2.24) is 10.2 Å². The van der Waals surface area contributed by atoms with Crippen LogP contribution in [0.15, 0.2) is 71.6 Å². The molecule has 8 nitrogen and oxygen atoms in total. The Morgan fingerprint density at radius 3 is 2.26 bits per heavy atom. The number of benzene rings is 3. The maximum absolute atomic E-state index is 14.1. The summed E-state index contributed by atoms with van der Waals surface area (Å²) >= 11 is 12.5. The number of carbonyl (C=O) groups is 2. The summed E-state index contributed by atoms with van der Waals surface area (Å²) in [5.74, 6) is -0.472. The van der Waals surface area contributed by atoms with Gasteiger partial charge in [-0.05, 0) is 68.7 Å². The number of anilines is 1. The Kier molecular flexibility index (Phi) is 11.7. The Hall–Kier alpha value is -3.27. The minimum atomic E-state index is -4.23. The second-order valence-electron chi connectivity index (χ2n) is 10.3. The van der Waals surface area contributed by atoms with Gasteiger partial charge in [-0.2, -0.15) is 0 Å². The van der Waals surface area contributed by atoms with Crippen molar-refractivity contribution < 1.29 is 22.7 Å². The van der Waals surface area contributed by atoms with E-state index in [9.17, 15) is 18.0 Å². The van der Waals surface area contributed by atoms with E-state index < -0.39 is 28.5 Å². The van der Waals surface area contributed by atoms with Crippen LogP contribution in [0.25, 0.3) is 0 Å². The summed E-state index contributed by atoms with van der Waals surface area (Å²) < 4.78 is 34.9. The largest absolute Gasteiger partial charge is 0.492 e. The van der Waals surface area contributed by atoms with E-state index in [0.29, 0.717) is 27.9 Å². The molecule has 0 aliphatic heterocycles. The Balaban J connectivity index is 2.09. The first-order valence-electron chi connectivity index (χ1n) is 13.7. The smallest absolute Gasteiger partial charge is 0.264 e. The summed E-state index contributed by atoms with van der Waals surface area (Å²) in [5.41, 5.74) is 1.65. The second kappa shape index (κ2) is 14.8. The van der Waals surface area contributed by atoms with Gasteiger partial charge in [-0.1, -0.05) is 72.9 Å². The van der Waals surface area contributed by atoms with Crippen LogP contribution in [-0.4, -0.2) is 50.9 Å². The van der Waals surface area contributed by atoms with Crippen LogP contribution >= 0.6 is 23.2 Å². The lowest BCUT2D eigenvalue weighted by Gasteiger charge is -2.32. The minimum absolute atomic E-state index is 0.0159. The number of sulfonamides is 1. The van der Waals surface area contributed by atoms with E-state index in [-0.39, 0.29) is 35.6 Å². The molecule has 3 aromatic carbocycles. The van der Waals surface area contributed by atoms with Crippen LogP contribution in [0.1, 0.15) is 38.8 Å². The molecule has 1 atom stereocenters. The van der Waals surface area contributed by atoms with Crippen LogP contribution < -0.4 is 14.4 Å². The van der Waals surface area contributed by atoms with Crippen LogP contribution in [0, 0.1) is 12.8 Å². The van der Waals surface area contributed by atoms with E-state index in [1.165, 1.54) is 17.0 Å². The van der Waals surface area contributed by atoms with Crippen LogP contribution in [0.4, 0.5) is 5.69 Å². The molecule has 3 rings (SSSR count). The molecular formula is C31H37Cl2N3O5S. The van der Waals surface area contributed by atoms with Gasteiger partial charge in [0.1, 0.15) is 18.3 Å². The van der Waals surface area contributed by atoms with Crippen molar-refractivity contribution >= 4 is 50.7 Å². The number of hydrogen-bond acceptors (Lipinski definition) is 5. The number of carbonyl (C=O) groups excluding carboxylic acids is 2. The summed E-state index contributed by atoms with van der Waals surface area (Å²) in [4.78, 5) is 28.6. The summed E-state index contributed by atoms with van der Waals surface area (Å²) in [6, 6.07) is 16.9. The highest BCUT2D eigenvalue weighted by Crippen LogP contribution is 2.33. The summed E-state index contributed by atoms with van der Waals surface area (Å²) in [5, 5.41) is 3.60. The van der Waals surface area contributed by atoms with E-state index in [2.05, 4.69) is 5.32 Å². The fraction of sp³-hybridized carbons (Fsp3) is 0.355. The number of aryl methyl sites for hydroxylation is 1. The average molecular weight is 635 g/mol. The number of rotatable bonds is 13. The van der Waals surface area contributed by atoms with Crippen LogP contribution in [0.5, 0.6) is 5.75 Å². The molecule has 0 aliphatic carbocycles. The lowest BCUT2D eigenvalue weighted by molar-refractivity contribution is -0.139. The van der Waals surface area contributed by atoms with Gasteiger partial charge in [0, 0.05) is 23.1 Å². The zero-order chi connectivity index (χ0) is 31.0. The number of para-hydroxylation sites is 2. The van der Waals surface area contributed by atoms with Crippen molar-refractivity contribution in [2.45, 2.75) is 52.1 Å². The molecule has 2 amide bonds. The number of amides is 2. The molecule has 0 radical (unpaired) electrons. The van der Waals surface area contributed by atoms with Crippen molar-refractivity contribution in [3.05, 3.63) is 87.9 Å². The Morgan fingerprint density at radius 2 is 1.64 bits per heavy atom. The van der Waals surface area contributed by atoms with E-state index in [1.54, 1.807) is 68.4 Å². The quantitative estimate of drug-likeness (QED) is 0.246. The predicted octanol–water partition coefficient (Wildman–Crippen LogP) is 6.09. The normalized spacial score (nSPS) is 12.1. The first-order chi connectivity index (χ1) is 19.8. The van der Waals surface area contributed by atoms with E-state index >= 15 is 0 Å². The molecule has 0 aromatic heterocycles. The molecule has 11 heteroatoms. The van der Waals surface area contributed by atoms with Crippen molar-refractivity contribution in [3.8, 4) is 5.75 Å². The van der Waals surface area contributed by atoms with Gasteiger partial charge in [0.25, 0.3) is 10.0 Å². The highest BCUT2D eigenvalue weighted by atomic mass is 35.5. The molecule has 0 saturated heterocycles. The third-order valence-electron chi connectivity index (χ3n) is 6.53. The van der Waals surface area contributed by atoms with Gasteiger partial charge >= 0.3 is 0 Å². The standard InChI is InChI=1S/C31H37Cl2N3O5S/c1-6-41-29-10-8-7-9-28(29)36(42(39,40)26-15-11-22(4)12-16-26)20-30(37)35(23(5)31(38)34-18-21(2)3)19-24-13-14-25(32)17-27(24)33/h7-17,21,23H,6,18-20H2,1-5H3,(H,34,38). The number of hydrogen-bond donors (Lipinski definition) is 1. The molecule has 0 saturated carbocycles. The first kappa shape index (κ1) is 33.2. The molecule has 0 aliphatic rings. The number of nitrogens with zero attached hydrogens (tertiary/aromatic N) is 2. The van der Waals surface area contributed by atoms with Crippen molar-refractivity contribution in [1.29, 1.82) is 0 Å². The molecule has 1 unspecified atom stereocenters. The summed E-state index contributed by atoms with van der Waals surface area (Å²) in [6.45, 7) is 9.24. The maximum atomic E-state index is 14.1. The van der Waals surface area contributed by atoms with Crippen LogP contribution in [0.3, 0.4) is 0 Å². The molecule has 226 valence electrons. The van der Waals surface area contributed by atoms with Gasteiger partial charge in [0.15, 0.2) is 0 Å². The van der Waals surface area contributed by atoms with Crippen molar-refractivity contribution in [2.75, 3.05) is 24.0 Å². The molecule has 0 fully saturated rings. The topological polar surface area (TPSA) is 96.0 Å². The number of halogens is 2. The predicted molar refractivity (Wildman–Crippen MR) is 168 cm³/mol. The molecule has 0 heterocycles. The number of nitrogens with one attached hydrogen (secondary N) is 1. The zero-order valence-corrected chi connectivity index (χ0v) is 26.8. The second-order valence-corrected chi connectivity index (χ2v) is 13.0. The molecule has 3 aromatic rings. The lowest BCUT2D eigenvalue weighted by Crippen LogP contribution is -2.51. The Morgan fingerprint density at radius 1 is 0.976 bits per heavy atom. The molecule has 1 N–H and O–H groups in total. The van der Waals surface area contributed by atoms with E-state index in [4.69, 9.17) is 27.9 Å².